The summed E-state index contributed by atoms with van der Waals surface area (Å²) >= 11 is 8.26. The van der Waals surface area contributed by atoms with Crippen LogP contribution in [0.5, 0.6) is 0 Å². The Balaban J connectivity index is 1.61. The minimum absolute atomic E-state index is 0.0828. The van der Waals surface area contributed by atoms with Crippen molar-refractivity contribution in [2.45, 2.75) is 44.4 Å². The number of benzene rings is 2. The molecule has 2 aromatic carbocycles. The van der Waals surface area contributed by atoms with Crippen molar-refractivity contribution in [3.8, 4) is 0 Å². The van der Waals surface area contributed by atoms with Gasteiger partial charge in [0, 0.05) is 27.8 Å². The SMILES string of the molecule is O=C(O)CC(NC(=O)C(COCc1ccccc1)NC(=O)CCCCNc1ccccn1)c1cc(Cl)cc([123I])c1. The molecule has 1 heterocycles. The second kappa shape index (κ2) is 16.8. The van der Waals surface area contributed by atoms with Crippen molar-refractivity contribution in [1.29, 1.82) is 0 Å². The summed E-state index contributed by atoms with van der Waals surface area (Å²) in [6, 6.07) is 18.3. The predicted octanol–water partition coefficient (Wildman–Crippen LogP) is 4.96. The van der Waals surface area contributed by atoms with E-state index in [1.54, 1.807) is 24.4 Å². The molecule has 2 atom stereocenters. The molecule has 1 aromatic heterocycles. The van der Waals surface area contributed by atoms with Gasteiger partial charge in [0.1, 0.15) is 11.9 Å². The van der Waals surface area contributed by atoms with E-state index < -0.39 is 24.0 Å². The fourth-order valence-corrected chi connectivity index (χ4v) is 5.01. The number of hydrogen-bond donors (Lipinski definition) is 4. The van der Waals surface area contributed by atoms with Gasteiger partial charge in [-0.15, -0.1) is 0 Å². The highest BCUT2D eigenvalue weighted by molar-refractivity contribution is 14.1. The first kappa shape index (κ1) is 31.3. The fraction of sp³-hybridized carbons (Fsp3) is 0.310. The van der Waals surface area contributed by atoms with E-state index >= 15 is 0 Å². The van der Waals surface area contributed by atoms with Crippen molar-refractivity contribution in [3.63, 3.8) is 0 Å². The summed E-state index contributed by atoms with van der Waals surface area (Å²) in [5.41, 5.74) is 1.48. The Kier molecular flexibility index (Phi) is 13.1. The molecule has 11 heteroatoms. The van der Waals surface area contributed by atoms with Crippen LogP contribution in [0.1, 0.15) is 42.9 Å². The minimum Gasteiger partial charge on any atom is -0.481 e. The maximum Gasteiger partial charge on any atom is 0.305 e. The van der Waals surface area contributed by atoms with E-state index in [1.807, 2.05) is 48.5 Å². The number of ether oxygens (including phenoxy) is 1. The number of anilines is 1. The third kappa shape index (κ3) is 11.5. The molecule has 0 saturated carbocycles. The van der Waals surface area contributed by atoms with E-state index in [0.29, 0.717) is 23.6 Å². The molecule has 2 unspecified atom stereocenters. The van der Waals surface area contributed by atoms with Crippen LogP contribution >= 0.6 is 34.2 Å². The third-order valence-electron chi connectivity index (χ3n) is 5.83. The van der Waals surface area contributed by atoms with E-state index in [9.17, 15) is 19.5 Å². The number of aromatic nitrogens is 1. The van der Waals surface area contributed by atoms with Gasteiger partial charge in [-0.25, -0.2) is 4.98 Å². The molecular weight excluding hydrogens is 643 g/mol. The fourth-order valence-electron chi connectivity index (χ4n) is 3.89. The van der Waals surface area contributed by atoms with Crippen LogP contribution in [0.25, 0.3) is 0 Å². The lowest BCUT2D eigenvalue weighted by Crippen LogP contribution is -2.50. The number of nitrogens with zero attached hydrogens (tertiary/aromatic N) is 1. The lowest BCUT2D eigenvalue weighted by molar-refractivity contribution is -0.138. The van der Waals surface area contributed by atoms with Crippen LogP contribution in [0.4, 0.5) is 5.82 Å². The number of amides is 2. The summed E-state index contributed by atoms with van der Waals surface area (Å²) < 4.78 is 6.58. The van der Waals surface area contributed by atoms with Crippen LogP contribution in [-0.2, 0) is 25.7 Å². The summed E-state index contributed by atoms with van der Waals surface area (Å²) in [6.07, 6.45) is 2.91. The average molecular weight is 675 g/mol. The van der Waals surface area contributed by atoms with E-state index in [0.717, 1.165) is 21.4 Å². The molecular formula is C29H32ClIN4O5. The highest BCUT2D eigenvalue weighted by Crippen LogP contribution is 2.24. The van der Waals surface area contributed by atoms with E-state index in [2.05, 4.69) is 43.5 Å². The Morgan fingerprint density at radius 2 is 1.77 bits per heavy atom. The molecule has 40 heavy (non-hydrogen) atoms. The molecule has 4 N–H and O–H groups in total. The molecule has 0 fully saturated rings. The zero-order valence-electron chi connectivity index (χ0n) is 21.8. The number of hydrogen-bond acceptors (Lipinski definition) is 6. The summed E-state index contributed by atoms with van der Waals surface area (Å²) in [5, 5.41) is 18.6. The number of carboxylic acid groups (broad SMARTS) is 1. The van der Waals surface area contributed by atoms with Gasteiger partial charge in [0.05, 0.1) is 25.7 Å². The van der Waals surface area contributed by atoms with Crippen molar-refractivity contribution in [1.82, 2.24) is 15.6 Å². The summed E-state index contributed by atoms with van der Waals surface area (Å²) in [7, 11) is 0. The topological polar surface area (TPSA) is 130 Å². The molecule has 0 bridgehead atoms. The molecule has 2 amide bonds. The highest BCUT2D eigenvalue weighted by atomic mass is 123. The normalized spacial score (nSPS) is 12.2. The average Bonchev–Trinajstić information content (AvgIpc) is 2.92. The van der Waals surface area contributed by atoms with Crippen LogP contribution in [0.2, 0.25) is 5.02 Å². The number of nitrogens with one attached hydrogen (secondary N) is 3. The maximum absolute atomic E-state index is 13.3. The molecule has 0 spiro atoms. The van der Waals surface area contributed by atoms with Crippen molar-refractivity contribution in [2.75, 3.05) is 18.5 Å². The van der Waals surface area contributed by atoms with E-state index in [4.69, 9.17) is 16.3 Å². The van der Waals surface area contributed by atoms with Crippen LogP contribution in [0, 0.1) is 3.57 Å². The molecule has 0 saturated heterocycles. The number of halogens is 2. The molecule has 3 aromatic rings. The maximum atomic E-state index is 13.3. The first-order chi connectivity index (χ1) is 19.3. The van der Waals surface area contributed by atoms with E-state index in [1.165, 1.54) is 0 Å². The van der Waals surface area contributed by atoms with Crippen LogP contribution in [0.15, 0.2) is 72.9 Å². The standard InChI is InChI=1S/C29H32ClIN4O5/c30-22-14-21(15-23(31)16-22)24(17-28(37)38)35-29(39)25(19-40-18-20-8-2-1-3-9-20)34-27(36)11-5-7-13-33-26-10-4-6-12-32-26/h1-4,6,8-10,12,14-16,24-25H,5,7,11,13,17-19H2,(H,32,33)(H,34,36)(H,35,39)(H,37,38)/i31-4. The number of pyridine rings is 1. The van der Waals surface area contributed by atoms with Gasteiger partial charge in [-0.2, -0.15) is 0 Å². The summed E-state index contributed by atoms with van der Waals surface area (Å²) in [5.74, 6) is -1.15. The van der Waals surface area contributed by atoms with Gasteiger partial charge < -0.3 is 25.8 Å². The Morgan fingerprint density at radius 1 is 1.00 bits per heavy atom. The van der Waals surface area contributed by atoms with Gasteiger partial charge in [0.25, 0.3) is 0 Å². The van der Waals surface area contributed by atoms with Gasteiger partial charge in [-0.1, -0.05) is 48.0 Å². The highest BCUT2D eigenvalue weighted by Gasteiger charge is 2.26. The smallest absolute Gasteiger partial charge is 0.305 e. The zero-order chi connectivity index (χ0) is 28.7. The molecule has 3 rings (SSSR count). The van der Waals surface area contributed by atoms with Crippen LogP contribution in [-0.4, -0.2) is 47.1 Å². The molecule has 0 aliphatic rings. The van der Waals surface area contributed by atoms with Crippen LogP contribution in [0.3, 0.4) is 0 Å². The number of aliphatic carboxylic acids is 1. The van der Waals surface area contributed by atoms with Gasteiger partial charge in [0.2, 0.25) is 11.8 Å². The Bertz CT molecular complexity index is 1230. The second-order valence-electron chi connectivity index (χ2n) is 9.08. The first-order valence-electron chi connectivity index (χ1n) is 12.8. The predicted molar refractivity (Wildman–Crippen MR) is 162 cm³/mol. The number of rotatable bonds is 16. The molecule has 0 radical (unpaired) electrons. The number of carboxylic acids is 1. The lowest BCUT2D eigenvalue weighted by Gasteiger charge is -2.23. The monoisotopic (exact) mass is 674 g/mol. The molecule has 9 nitrogen and oxygen atoms in total. The summed E-state index contributed by atoms with van der Waals surface area (Å²) in [6.45, 7) is 0.828. The Morgan fingerprint density at radius 3 is 2.48 bits per heavy atom. The zero-order valence-corrected chi connectivity index (χ0v) is 24.7. The number of unbranched alkanes of at least 4 members (excludes halogenated alkanes) is 1. The Hall–Kier alpha value is -3.22. The Labute approximate surface area is 252 Å². The van der Waals surface area contributed by atoms with Crippen molar-refractivity contribution < 1.29 is 24.2 Å². The first-order valence-corrected chi connectivity index (χ1v) is 14.3. The second-order valence-corrected chi connectivity index (χ2v) is 10.8. The largest absolute Gasteiger partial charge is 0.481 e. The number of carbonyl (C=O) groups excluding carboxylic acids is 2. The molecule has 0 aliphatic carbocycles. The lowest BCUT2D eigenvalue weighted by atomic mass is 10.0. The molecule has 212 valence electrons. The van der Waals surface area contributed by atoms with Crippen LogP contribution < -0.4 is 16.0 Å². The minimum atomic E-state index is -1.08. The number of carbonyl (C=O) groups is 3. The van der Waals surface area contributed by atoms with Crippen molar-refractivity contribution in [2.24, 2.45) is 0 Å². The van der Waals surface area contributed by atoms with E-state index in [-0.39, 0.29) is 32.0 Å². The third-order valence-corrected chi connectivity index (χ3v) is 6.67. The van der Waals surface area contributed by atoms with Gasteiger partial charge >= 0.3 is 5.97 Å². The van der Waals surface area contributed by atoms with Gasteiger partial charge in [-0.05, 0) is 76.9 Å². The van der Waals surface area contributed by atoms with Gasteiger partial charge in [-0.3, -0.25) is 14.4 Å². The quantitative estimate of drug-likeness (QED) is 0.125. The van der Waals surface area contributed by atoms with Crippen molar-refractivity contribution >= 4 is 57.8 Å². The molecule has 0 aliphatic heterocycles. The summed E-state index contributed by atoms with van der Waals surface area (Å²) in [4.78, 5) is 41.9. The van der Waals surface area contributed by atoms with Crippen molar-refractivity contribution in [3.05, 3.63) is 92.6 Å². The van der Waals surface area contributed by atoms with Gasteiger partial charge in [0.15, 0.2) is 0 Å².